The Morgan fingerprint density at radius 2 is 1.00 bits per heavy atom. The number of rotatable bonds is 16. The lowest BCUT2D eigenvalue weighted by molar-refractivity contribution is 0.397. The fourth-order valence-corrected chi connectivity index (χ4v) is 9.85. The Morgan fingerprint density at radius 1 is 0.489 bits per heavy atom. The average Bonchev–Trinajstić information content (AvgIpc) is 3.78. The van der Waals surface area contributed by atoms with Crippen LogP contribution < -0.4 is 0 Å². The zero-order valence-corrected chi connectivity index (χ0v) is 32.6. The largest absolute Gasteiger partial charge is 0.139 e. The fourth-order valence-electron chi connectivity index (χ4n) is 7.69. The highest BCUT2D eigenvalue weighted by molar-refractivity contribution is 7.24. The van der Waals surface area contributed by atoms with Gasteiger partial charge in [-0.25, -0.2) is 0 Å². The van der Waals surface area contributed by atoms with E-state index in [1.54, 1.807) is 11.1 Å². The van der Waals surface area contributed by atoms with E-state index in [0.717, 1.165) is 0 Å². The molecule has 2 heterocycles. The second-order valence-corrected chi connectivity index (χ2v) is 18.6. The molecule has 2 aromatic carbocycles. The van der Waals surface area contributed by atoms with E-state index in [1.165, 1.54) is 132 Å². The highest BCUT2D eigenvalue weighted by atomic mass is 32.1. The number of thiophene rings is 2. The van der Waals surface area contributed by atoms with Crippen molar-refractivity contribution in [2.45, 2.75) is 162 Å². The molecule has 2 heteroatoms. The van der Waals surface area contributed by atoms with Gasteiger partial charge in [0.15, 0.2) is 0 Å². The SMILES string of the molecule is CCCCCCCCC1(CCCCCCCC)c2cc(-c3ccc(-c4ccc(C(C)(C)C)s4)s3)ccc2-c2ccc(C(C)(C)C)cc21. The van der Waals surface area contributed by atoms with Crippen LogP contribution in [0.4, 0.5) is 0 Å². The molecule has 0 radical (unpaired) electrons. The molecule has 1 aliphatic carbocycles. The Kier molecular flexibility index (Phi) is 12.0. The Hall–Kier alpha value is -2.16. The number of hydrogen-bond acceptors (Lipinski definition) is 2. The standard InChI is InChI=1S/C45H62S2/c1-9-11-13-15-17-19-29-45(30-20-18-16-14-12-10-2)37-31-33(21-23-35(37)36-24-22-34(32-38(36)45)43(3,4)5)39-25-26-40(46-39)41-27-28-42(47-41)44(6,7)8/h21-28,31-32H,9-20,29-30H2,1-8H3. The number of fused-ring (bicyclic) bond motifs is 3. The quantitative estimate of drug-likeness (QED) is 0.104. The van der Waals surface area contributed by atoms with Crippen molar-refractivity contribution >= 4 is 22.7 Å². The molecule has 0 saturated heterocycles. The molecule has 0 N–H and O–H groups in total. The molecule has 0 aliphatic heterocycles. The Morgan fingerprint density at radius 3 is 1.57 bits per heavy atom. The van der Waals surface area contributed by atoms with Crippen LogP contribution >= 0.6 is 22.7 Å². The van der Waals surface area contributed by atoms with Crippen LogP contribution in [-0.2, 0) is 16.2 Å². The number of benzene rings is 2. The van der Waals surface area contributed by atoms with Crippen molar-refractivity contribution in [3.8, 4) is 31.3 Å². The van der Waals surface area contributed by atoms with Gasteiger partial charge in [-0.05, 0) is 87.4 Å². The molecule has 0 amide bonds. The summed E-state index contributed by atoms with van der Waals surface area (Å²) in [6.45, 7) is 18.7. The van der Waals surface area contributed by atoms with Crippen molar-refractivity contribution in [1.82, 2.24) is 0 Å². The first-order valence-corrected chi connectivity index (χ1v) is 20.6. The molecule has 1 aliphatic rings. The van der Waals surface area contributed by atoms with Gasteiger partial charge in [0.05, 0.1) is 0 Å². The van der Waals surface area contributed by atoms with Gasteiger partial charge in [0, 0.05) is 24.9 Å². The molecular formula is C45H62S2. The smallest absolute Gasteiger partial charge is 0.0449 e. The van der Waals surface area contributed by atoms with Gasteiger partial charge in [-0.1, -0.05) is 163 Å². The van der Waals surface area contributed by atoms with Crippen LogP contribution in [0.5, 0.6) is 0 Å². The third-order valence-electron chi connectivity index (χ3n) is 10.6. The van der Waals surface area contributed by atoms with E-state index in [4.69, 9.17) is 0 Å². The van der Waals surface area contributed by atoms with E-state index in [9.17, 15) is 0 Å². The molecule has 4 aromatic rings. The summed E-state index contributed by atoms with van der Waals surface area (Å²) in [5, 5.41) is 0. The van der Waals surface area contributed by atoms with Crippen LogP contribution in [0.25, 0.3) is 31.3 Å². The fraction of sp³-hybridized carbons (Fsp3) is 0.556. The van der Waals surface area contributed by atoms with Crippen molar-refractivity contribution in [2.24, 2.45) is 0 Å². The zero-order chi connectivity index (χ0) is 33.7. The summed E-state index contributed by atoms with van der Waals surface area (Å²) < 4.78 is 0. The van der Waals surface area contributed by atoms with Gasteiger partial charge in [-0.2, -0.15) is 0 Å². The van der Waals surface area contributed by atoms with Crippen molar-refractivity contribution in [1.29, 1.82) is 0 Å². The molecule has 2 aromatic heterocycles. The van der Waals surface area contributed by atoms with E-state index in [-0.39, 0.29) is 16.2 Å². The highest BCUT2D eigenvalue weighted by Crippen LogP contribution is 2.56. The normalized spacial score (nSPS) is 14.0. The van der Waals surface area contributed by atoms with Gasteiger partial charge in [0.25, 0.3) is 0 Å². The average molecular weight is 667 g/mol. The van der Waals surface area contributed by atoms with E-state index in [1.807, 2.05) is 22.7 Å². The molecular weight excluding hydrogens is 605 g/mol. The van der Waals surface area contributed by atoms with Crippen molar-refractivity contribution in [3.05, 3.63) is 82.2 Å². The third-order valence-corrected chi connectivity index (χ3v) is 13.5. The van der Waals surface area contributed by atoms with Gasteiger partial charge >= 0.3 is 0 Å². The summed E-state index contributed by atoms with van der Waals surface area (Å²) in [4.78, 5) is 5.65. The molecule has 0 saturated carbocycles. The summed E-state index contributed by atoms with van der Waals surface area (Å²) in [6, 6.07) is 24.4. The van der Waals surface area contributed by atoms with Gasteiger partial charge in [-0.15, -0.1) is 22.7 Å². The van der Waals surface area contributed by atoms with Crippen molar-refractivity contribution in [2.75, 3.05) is 0 Å². The number of hydrogen-bond donors (Lipinski definition) is 0. The van der Waals surface area contributed by atoms with Crippen LogP contribution in [0.3, 0.4) is 0 Å². The molecule has 0 atom stereocenters. The van der Waals surface area contributed by atoms with Crippen LogP contribution in [0.2, 0.25) is 0 Å². The maximum atomic E-state index is 2.63. The highest BCUT2D eigenvalue weighted by Gasteiger charge is 2.43. The zero-order valence-electron chi connectivity index (χ0n) is 31.0. The number of unbranched alkanes of at least 4 members (excludes halogenated alkanes) is 10. The third kappa shape index (κ3) is 8.36. The summed E-state index contributed by atoms with van der Waals surface area (Å²) in [7, 11) is 0. The summed E-state index contributed by atoms with van der Waals surface area (Å²) >= 11 is 3.93. The minimum absolute atomic E-state index is 0.104. The lowest BCUT2D eigenvalue weighted by Gasteiger charge is -2.34. The summed E-state index contributed by atoms with van der Waals surface area (Å²) in [6.07, 6.45) is 18.8. The van der Waals surface area contributed by atoms with Gasteiger partial charge in [0.2, 0.25) is 0 Å². The Balaban J connectivity index is 1.53. The van der Waals surface area contributed by atoms with E-state index in [2.05, 4.69) is 116 Å². The Labute approximate surface area is 296 Å². The molecule has 0 bridgehead atoms. The minimum Gasteiger partial charge on any atom is -0.139 e. The first kappa shape index (κ1) is 36.1. The monoisotopic (exact) mass is 666 g/mol. The van der Waals surface area contributed by atoms with Crippen LogP contribution in [0.1, 0.15) is 167 Å². The Bertz CT molecular complexity index is 1560. The minimum atomic E-state index is 0.104. The van der Waals surface area contributed by atoms with Crippen molar-refractivity contribution < 1.29 is 0 Å². The molecule has 254 valence electrons. The van der Waals surface area contributed by atoms with Gasteiger partial charge in [0.1, 0.15) is 0 Å². The maximum Gasteiger partial charge on any atom is 0.0449 e. The van der Waals surface area contributed by atoms with E-state index in [0.29, 0.717) is 0 Å². The van der Waals surface area contributed by atoms with Crippen LogP contribution in [0, 0.1) is 0 Å². The van der Waals surface area contributed by atoms with Crippen molar-refractivity contribution in [3.63, 3.8) is 0 Å². The molecule has 0 spiro atoms. The predicted molar refractivity (Wildman–Crippen MR) is 213 cm³/mol. The van der Waals surface area contributed by atoms with Gasteiger partial charge in [-0.3, -0.25) is 0 Å². The predicted octanol–water partition coefficient (Wildman–Crippen LogP) is 15.5. The van der Waals surface area contributed by atoms with Gasteiger partial charge < -0.3 is 0 Å². The summed E-state index contributed by atoms with van der Waals surface area (Å²) in [5.41, 5.74) is 9.54. The lowest BCUT2D eigenvalue weighted by atomic mass is 9.69. The molecule has 5 rings (SSSR count). The lowest BCUT2D eigenvalue weighted by Crippen LogP contribution is -2.26. The molecule has 0 nitrogen and oxygen atoms in total. The first-order valence-electron chi connectivity index (χ1n) is 19.0. The van der Waals surface area contributed by atoms with Crippen LogP contribution in [-0.4, -0.2) is 0 Å². The topological polar surface area (TPSA) is 0 Å². The molecule has 47 heavy (non-hydrogen) atoms. The van der Waals surface area contributed by atoms with E-state index < -0.39 is 0 Å². The summed E-state index contributed by atoms with van der Waals surface area (Å²) in [5.74, 6) is 0. The van der Waals surface area contributed by atoms with E-state index >= 15 is 0 Å². The second-order valence-electron chi connectivity index (χ2n) is 16.5. The van der Waals surface area contributed by atoms with Crippen LogP contribution in [0.15, 0.2) is 60.7 Å². The first-order chi connectivity index (χ1) is 22.5. The second kappa shape index (κ2) is 15.6. The molecule has 0 fully saturated rings. The molecule has 0 unspecified atom stereocenters. The maximum absolute atomic E-state index is 2.63.